The zero-order valence-corrected chi connectivity index (χ0v) is 13.0. The average molecular weight is 306 g/mol. The van der Waals surface area contributed by atoms with Crippen molar-refractivity contribution in [3.8, 4) is 0 Å². The molecule has 0 atom stereocenters. The van der Waals surface area contributed by atoms with E-state index in [1.54, 1.807) is 0 Å². The van der Waals surface area contributed by atoms with Crippen LogP contribution in [-0.2, 0) is 0 Å². The van der Waals surface area contributed by atoms with Crippen LogP contribution in [0, 0.1) is 0 Å². The van der Waals surface area contributed by atoms with E-state index in [-0.39, 0.29) is 0 Å². The van der Waals surface area contributed by atoms with E-state index in [9.17, 15) is 0 Å². The topological polar surface area (TPSA) is 24.7 Å². The van der Waals surface area contributed by atoms with Gasteiger partial charge in [-0.15, -0.1) is 0 Å². The van der Waals surface area contributed by atoms with Gasteiger partial charge in [0.2, 0.25) is 0 Å². The summed E-state index contributed by atoms with van der Waals surface area (Å²) >= 11 is 0. The van der Waals surface area contributed by atoms with Gasteiger partial charge in [-0.25, -0.2) is 9.98 Å². The van der Waals surface area contributed by atoms with Crippen molar-refractivity contribution in [3.63, 3.8) is 0 Å². The Morgan fingerprint density at radius 2 is 1.33 bits per heavy atom. The van der Waals surface area contributed by atoms with Gasteiger partial charge in [0.1, 0.15) is 0 Å². The number of aliphatic imine (C=N–C) groups is 1. The second-order valence-electron chi connectivity index (χ2n) is 5.98. The molecular weight excluding hydrogens is 292 g/mol. The second kappa shape index (κ2) is 5.14. The number of benzene rings is 3. The van der Waals surface area contributed by atoms with Crippen molar-refractivity contribution in [3.05, 3.63) is 100 Å². The van der Waals surface area contributed by atoms with E-state index in [2.05, 4.69) is 48.6 Å². The van der Waals surface area contributed by atoms with E-state index < -0.39 is 0 Å². The molecule has 2 aliphatic heterocycles. The first-order valence-electron chi connectivity index (χ1n) is 8.03. The third-order valence-electron chi connectivity index (χ3n) is 4.38. The SMILES string of the molecule is C1=C(c2ccccc2)N=c2cc3c(cc21)=CC(c1ccccc1)=N3. The molecular formula is C22H14N2. The van der Waals surface area contributed by atoms with Crippen molar-refractivity contribution in [1.82, 2.24) is 0 Å². The van der Waals surface area contributed by atoms with Crippen molar-refractivity contribution < 1.29 is 0 Å². The van der Waals surface area contributed by atoms with Crippen molar-refractivity contribution >= 4 is 29.2 Å². The van der Waals surface area contributed by atoms with Crippen LogP contribution in [0.4, 0.5) is 5.69 Å². The maximum absolute atomic E-state index is 4.78. The molecule has 0 saturated heterocycles. The van der Waals surface area contributed by atoms with Crippen LogP contribution in [0.5, 0.6) is 0 Å². The van der Waals surface area contributed by atoms with Crippen LogP contribution in [0.2, 0.25) is 0 Å². The fourth-order valence-corrected chi connectivity index (χ4v) is 3.17. The summed E-state index contributed by atoms with van der Waals surface area (Å²) in [7, 11) is 0. The fraction of sp³-hybridized carbons (Fsp3) is 0. The summed E-state index contributed by atoms with van der Waals surface area (Å²) in [5.41, 5.74) is 6.48. The Hall–Kier alpha value is -3.26. The Labute approximate surface area is 139 Å². The molecule has 0 radical (unpaired) electrons. The van der Waals surface area contributed by atoms with Crippen molar-refractivity contribution in [2.75, 3.05) is 0 Å². The van der Waals surface area contributed by atoms with Crippen LogP contribution in [0.1, 0.15) is 16.7 Å². The molecule has 0 aromatic heterocycles. The van der Waals surface area contributed by atoms with Crippen LogP contribution in [0.3, 0.4) is 0 Å². The molecule has 3 aromatic carbocycles. The highest BCUT2D eigenvalue weighted by atomic mass is 14.8. The number of rotatable bonds is 2. The number of fused-ring (bicyclic) bond motifs is 2. The summed E-state index contributed by atoms with van der Waals surface area (Å²) in [5.74, 6) is 0. The molecule has 2 heterocycles. The lowest BCUT2D eigenvalue weighted by molar-refractivity contribution is 1.35. The number of hydrogen-bond acceptors (Lipinski definition) is 2. The molecule has 0 N–H and O–H groups in total. The lowest BCUT2D eigenvalue weighted by Crippen LogP contribution is -2.09. The average Bonchev–Trinajstić information content (AvgIpc) is 3.24. The minimum absolute atomic E-state index is 0.999. The van der Waals surface area contributed by atoms with E-state index in [1.807, 2.05) is 36.4 Å². The number of hydrogen-bond donors (Lipinski definition) is 0. The van der Waals surface area contributed by atoms with Gasteiger partial charge in [-0.3, -0.25) is 0 Å². The molecule has 112 valence electrons. The molecule has 0 unspecified atom stereocenters. The van der Waals surface area contributed by atoms with Crippen LogP contribution in [-0.4, -0.2) is 5.71 Å². The summed E-state index contributed by atoms with van der Waals surface area (Å²) < 4.78 is 0. The van der Waals surface area contributed by atoms with Gasteiger partial charge in [-0.05, 0) is 24.3 Å². The molecule has 0 saturated carbocycles. The van der Waals surface area contributed by atoms with Crippen LogP contribution < -0.4 is 10.6 Å². The smallest absolute Gasteiger partial charge is 0.0732 e. The third-order valence-corrected chi connectivity index (χ3v) is 4.38. The van der Waals surface area contributed by atoms with Gasteiger partial charge >= 0.3 is 0 Å². The Bertz CT molecular complexity index is 1030. The molecule has 24 heavy (non-hydrogen) atoms. The standard InChI is InChI=1S/C22H14N2/c1-3-7-15(8-4-1)19-12-17-11-18-13-20(16-9-5-2-6-10-16)24-22(18)14-21(17)23-19/h1-14H. The minimum Gasteiger partial charge on any atom is -0.248 e. The lowest BCUT2D eigenvalue weighted by Gasteiger charge is -1.96. The highest BCUT2D eigenvalue weighted by molar-refractivity contribution is 6.23. The summed E-state index contributed by atoms with van der Waals surface area (Å²) in [6.45, 7) is 0. The zero-order chi connectivity index (χ0) is 15.9. The predicted molar refractivity (Wildman–Crippen MR) is 98.6 cm³/mol. The van der Waals surface area contributed by atoms with E-state index in [0.29, 0.717) is 0 Å². The van der Waals surface area contributed by atoms with Crippen LogP contribution in [0.25, 0.3) is 17.8 Å². The molecule has 2 heteroatoms. The monoisotopic (exact) mass is 306 g/mol. The van der Waals surface area contributed by atoms with Gasteiger partial charge in [0.25, 0.3) is 0 Å². The molecule has 0 fully saturated rings. The first-order chi connectivity index (χ1) is 11.9. The highest BCUT2D eigenvalue weighted by Gasteiger charge is 2.13. The normalized spacial score (nSPS) is 14.2. The molecule has 5 rings (SSSR count). The summed E-state index contributed by atoms with van der Waals surface area (Å²) in [5, 5.41) is 2.16. The quantitative estimate of drug-likeness (QED) is 0.689. The predicted octanol–water partition coefficient (Wildman–Crippen LogP) is 3.73. The van der Waals surface area contributed by atoms with Gasteiger partial charge in [0, 0.05) is 21.9 Å². The van der Waals surface area contributed by atoms with Crippen molar-refractivity contribution in [2.24, 2.45) is 9.98 Å². The second-order valence-corrected chi connectivity index (χ2v) is 5.98. The van der Waals surface area contributed by atoms with Gasteiger partial charge in [0.15, 0.2) is 0 Å². The molecule has 0 amide bonds. The Kier molecular flexibility index (Phi) is 2.83. The fourth-order valence-electron chi connectivity index (χ4n) is 3.17. The minimum atomic E-state index is 0.999. The molecule has 0 bridgehead atoms. The van der Waals surface area contributed by atoms with E-state index in [0.717, 1.165) is 44.4 Å². The van der Waals surface area contributed by atoms with Crippen LogP contribution in [0.15, 0.2) is 82.8 Å². The maximum atomic E-state index is 4.78. The van der Waals surface area contributed by atoms with Crippen molar-refractivity contribution in [2.45, 2.75) is 0 Å². The molecule has 2 nitrogen and oxygen atoms in total. The molecule has 3 aromatic rings. The highest BCUT2D eigenvalue weighted by Crippen LogP contribution is 2.23. The Morgan fingerprint density at radius 1 is 0.625 bits per heavy atom. The van der Waals surface area contributed by atoms with Gasteiger partial charge in [-0.1, -0.05) is 60.7 Å². The largest absolute Gasteiger partial charge is 0.248 e. The summed E-state index contributed by atoms with van der Waals surface area (Å²) in [4.78, 5) is 9.55. The van der Waals surface area contributed by atoms with E-state index >= 15 is 0 Å². The van der Waals surface area contributed by atoms with Gasteiger partial charge < -0.3 is 0 Å². The first-order valence-corrected chi connectivity index (χ1v) is 8.03. The van der Waals surface area contributed by atoms with E-state index in [4.69, 9.17) is 9.98 Å². The van der Waals surface area contributed by atoms with Gasteiger partial charge in [-0.2, -0.15) is 0 Å². The third kappa shape index (κ3) is 2.12. The van der Waals surface area contributed by atoms with Crippen molar-refractivity contribution in [1.29, 1.82) is 0 Å². The Balaban J connectivity index is 1.58. The lowest BCUT2D eigenvalue weighted by atomic mass is 10.1. The first kappa shape index (κ1) is 13.2. The zero-order valence-electron chi connectivity index (χ0n) is 13.0. The van der Waals surface area contributed by atoms with Crippen LogP contribution >= 0.6 is 0 Å². The molecule has 0 spiro atoms. The Morgan fingerprint density at radius 3 is 2.08 bits per heavy atom. The molecule has 2 aliphatic rings. The van der Waals surface area contributed by atoms with Gasteiger partial charge in [0.05, 0.1) is 22.5 Å². The van der Waals surface area contributed by atoms with E-state index in [1.165, 1.54) is 0 Å². The maximum Gasteiger partial charge on any atom is 0.0732 e. The molecule has 0 aliphatic carbocycles. The summed E-state index contributed by atoms with van der Waals surface area (Å²) in [6, 6.07) is 24.8. The number of nitrogens with zero attached hydrogens (tertiary/aromatic N) is 2. The summed E-state index contributed by atoms with van der Waals surface area (Å²) in [6.07, 6.45) is 4.30.